The highest BCUT2D eigenvalue weighted by atomic mass is 19.1. The summed E-state index contributed by atoms with van der Waals surface area (Å²) in [5.41, 5.74) is 1.06. The maximum atomic E-state index is 13.6. The predicted molar refractivity (Wildman–Crippen MR) is 82.4 cm³/mol. The molecule has 2 aromatic rings. The van der Waals surface area contributed by atoms with Gasteiger partial charge in [0.1, 0.15) is 11.6 Å². The molecule has 1 N–H and O–H groups in total. The van der Waals surface area contributed by atoms with Crippen molar-refractivity contribution in [1.82, 2.24) is 4.90 Å². The highest BCUT2D eigenvalue weighted by Crippen LogP contribution is 2.13. The molecule has 5 heteroatoms. The number of hydrogen-bond donors (Lipinski definition) is 1. The van der Waals surface area contributed by atoms with Crippen molar-refractivity contribution in [3.8, 4) is 0 Å². The van der Waals surface area contributed by atoms with Crippen LogP contribution in [0.2, 0.25) is 0 Å². The van der Waals surface area contributed by atoms with Gasteiger partial charge in [0.05, 0.1) is 6.04 Å². The highest BCUT2D eigenvalue weighted by Gasteiger charge is 2.19. The van der Waals surface area contributed by atoms with Crippen LogP contribution in [0.3, 0.4) is 0 Å². The average molecular weight is 304 g/mol. The van der Waals surface area contributed by atoms with Gasteiger partial charge in [0.2, 0.25) is 5.91 Å². The first kappa shape index (κ1) is 16.1. The molecule has 22 heavy (non-hydrogen) atoms. The van der Waals surface area contributed by atoms with Gasteiger partial charge in [0.25, 0.3) is 0 Å². The van der Waals surface area contributed by atoms with Gasteiger partial charge in [0, 0.05) is 17.8 Å². The number of likely N-dealkylation sites (N-methyl/N-ethyl adjacent to an activating group) is 1. The summed E-state index contributed by atoms with van der Waals surface area (Å²) >= 11 is 0. The molecule has 3 nitrogen and oxygen atoms in total. The topological polar surface area (TPSA) is 32.3 Å². The fourth-order valence-corrected chi connectivity index (χ4v) is 2.01. The first-order valence-corrected chi connectivity index (χ1v) is 6.97. The lowest BCUT2D eigenvalue weighted by Gasteiger charge is -2.24. The Kier molecular flexibility index (Phi) is 5.22. The molecule has 0 aromatic heterocycles. The number of benzene rings is 2. The molecule has 116 valence electrons. The van der Waals surface area contributed by atoms with Crippen LogP contribution in [0.1, 0.15) is 12.5 Å². The third-order valence-electron chi connectivity index (χ3n) is 3.53. The maximum absolute atomic E-state index is 13.6. The van der Waals surface area contributed by atoms with Gasteiger partial charge in [0.15, 0.2) is 0 Å². The lowest BCUT2D eigenvalue weighted by molar-refractivity contribution is -0.120. The normalized spacial score (nSPS) is 12.2. The van der Waals surface area contributed by atoms with Crippen LogP contribution in [0.15, 0.2) is 48.5 Å². The SMILES string of the molecule is CC(C(=O)Nc1ccc(F)cc1)N(C)Cc1ccccc1F. The van der Waals surface area contributed by atoms with E-state index in [9.17, 15) is 13.6 Å². The van der Waals surface area contributed by atoms with E-state index in [1.165, 1.54) is 30.3 Å². The fourth-order valence-electron chi connectivity index (χ4n) is 2.01. The van der Waals surface area contributed by atoms with Crippen molar-refractivity contribution in [3.63, 3.8) is 0 Å². The molecule has 0 spiro atoms. The summed E-state index contributed by atoms with van der Waals surface area (Å²) in [6.45, 7) is 2.06. The van der Waals surface area contributed by atoms with Crippen LogP contribution >= 0.6 is 0 Å². The van der Waals surface area contributed by atoms with Gasteiger partial charge >= 0.3 is 0 Å². The second-order valence-corrected chi connectivity index (χ2v) is 5.18. The number of carbonyl (C=O) groups excluding carboxylic acids is 1. The number of rotatable bonds is 5. The van der Waals surface area contributed by atoms with Crippen LogP contribution < -0.4 is 5.32 Å². The number of carbonyl (C=O) groups is 1. The zero-order chi connectivity index (χ0) is 16.1. The minimum atomic E-state index is -0.454. The molecular weight excluding hydrogens is 286 g/mol. The molecule has 0 saturated carbocycles. The minimum Gasteiger partial charge on any atom is -0.325 e. The van der Waals surface area contributed by atoms with E-state index in [2.05, 4.69) is 5.32 Å². The van der Waals surface area contributed by atoms with E-state index in [-0.39, 0.29) is 17.5 Å². The third-order valence-corrected chi connectivity index (χ3v) is 3.53. The van der Waals surface area contributed by atoms with E-state index in [0.29, 0.717) is 17.8 Å². The fraction of sp³-hybridized carbons (Fsp3) is 0.235. The number of halogens is 2. The number of nitrogens with zero attached hydrogens (tertiary/aromatic N) is 1. The van der Waals surface area contributed by atoms with E-state index in [4.69, 9.17) is 0 Å². The summed E-state index contributed by atoms with van der Waals surface area (Å²) in [5, 5.41) is 2.71. The van der Waals surface area contributed by atoms with Crippen molar-refractivity contribution < 1.29 is 13.6 Å². The lowest BCUT2D eigenvalue weighted by Crippen LogP contribution is -2.39. The quantitative estimate of drug-likeness (QED) is 0.918. The molecule has 0 aliphatic rings. The number of nitrogens with one attached hydrogen (secondary N) is 1. The largest absolute Gasteiger partial charge is 0.325 e. The monoisotopic (exact) mass is 304 g/mol. The summed E-state index contributed by atoms with van der Waals surface area (Å²) < 4.78 is 26.5. The summed E-state index contributed by atoms with van der Waals surface area (Å²) in [6.07, 6.45) is 0. The van der Waals surface area contributed by atoms with E-state index in [0.717, 1.165) is 0 Å². The van der Waals surface area contributed by atoms with Crippen molar-refractivity contribution in [3.05, 3.63) is 65.7 Å². The Morgan fingerprint density at radius 2 is 1.77 bits per heavy atom. The second-order valence-electron chi connectivity index (χ2n) is 5.18. The van der Waals surface area contributed by atoms with Crippen LogP contribution in [0.4, 0.5) is 14.5 Å². The van der Waals surface area contributed by atoms with E-state index < -0.39 is 6.04 Å². The van der Waals surface area contributed by atoms with Gasteiger partial charge in [-0.1, -0.05) is 18.2 Å². The van der Waals surface area contributed by atoms with E-state index in [1.807, 2.05) is 0 Å². The minimum absolute atomic E-state index is 0.231. The molecule has 0 bridgehead atoms. The Bertz CT molecular complexity index is 643. The Morgan fingerprint density at radius 1 is 1.14 bits per heavy atom. The van der Waals surface area contributed by atoms with Crippen molar-refractivity contribution in [2.24, 2.45) is 0 Å². The van der Waals surface area contributed by atoms with Crippen LogP contribution in [0.5, 0.6) is 0 Å². The smallest absolute Gasteiger partial charge is 0.241 e. The zero-order valence-corrected chi connectivity index (χ0v) is 12.5. The van der Waals surface area contributed by atoms with Crippen LogP contribution in [0, 0.1) is 11.6 Å². The molecule has 0 fully saturated rings. The number of amides is 1. The van der Waals surface area contributed by atoms with Crippen molar-refractivity contribution in [2.75, 3.05) is 12.4 Å². The van der Waals surface area contributed by atoms with Crippen molar-refractivity contribution >= 4 is 11.6 Å². The highest BCUT2D eigenvalue weighted by molar-refractivity contribution is 5.94. The van der Waals surface area contributed by atoms with Crippen molar-refractivity contribution in [1.29, 1.82) is 0 Å². The Morgan fingerprint density at radius 3 is 2.41 bits per heavy atom. The summed E-state index contributed by atoms with van der Waals surface area (Å²) in [4.78, 5) is 13.9. The van der Waals surface area contributed by atoms with Gasteiger partial charge in [-0.15, -0.1) is 0 Å². The predicted octanol–water partition coefficient (Wildman–Crippen LogP) is 3.42. The second kappa shape index (κ2) is 7.13. The molecule has 0 aliphatic carbocycles. The van der Waals surface area contributed by atoms with Gasteiger partial charge in [-0.2, -0.15) is 0 Å². The summed E-state index contributed by atoms with van der Waals surface area (Å²) in [5.74, 6) is -0.881. The van der Waals surface area contributed by atoms with Crippen LogP contribution in [0.25, 0.3) is 0 Å². The third kappa shape index (κ3) is 4.11. The molecular formula is C17H18F2N2O. The van der Waals surface area contributed by atoms with E-state index in [1.54, 1.807) is 37.1 Å². The Hall–Kier alpha value is -2.27. The van der Waals surface area contributed by atoms with Gasteiger partial charge in [-0.3, -0.25) is 9.69 Å². The average Bonchev–Trinajstić information content (AvgIpc) is 2.51. The van der Waals surface area contributed by atoms with Crippen LogP contribution in [-0.4, -0.2) is 23.9 Å². The lowest BCUT2D eigenvalue weighted by atomic mass is 10.1. The van der Waals surface area contributed by atoms with Gasteiger partial charge < -0.3 is 5.32 Å². The summed E-state index contributed by atoms with van der Waals surface area (Å²) in [7, 11) is 1.75. The molecule has 1 amide bonds. The van der Waals surface area contributed by atoms with E-state index >= 15 is 0 Å². The number of anilines is 1. The first-order valence-electron chi connectivity index (χ1n) is 6.97. The Labute approximate surface area is 128 Å². The molecule has 0 aliphatic heterocycles. The van der Waals surface area contributed by atoms with Crippen LogP contribution in [-0.2, 0) is 11.3 Å². The standard InChI is InChI=1S/C17H18F2N2O/c1-12(17(22)20-15-9-7-14(18)8-10-15)21(2)11-13-5-3-4-6-16(13)19/h3-10,12H,11H2,1-2H3,(H,20,22). The summed E-state index contributed by atoms with van der Waals surface area (Å²) in [6, 6.07) is 11.6. The molecule has 1 atom stereocenters. The van der Waals surface area contributed by atoms with Gasteiger partial charge in [-0.25, -0.2) is 8.78 Å². The molecule has 1 unspecified atom stereocenters. The molecule has 0 radical (unpaired) electrons. The number of hydrogen-bond acceptors (Lipinski definition) is 2. The zero-order valence-electron chi connectivity index (χ0n) is 12.5. The molecule has 0 saturated heterocycles. The molecule has 2 aromatic carbocycles. The van der Waals surface area contributed by atoms with Gasteiger partial charge in [-0.05, 0) is 44.3 Å². The first-order chi connectivity index (χ1) is 10.5. The molecule has 2 rings (SSSR count). The maximum Gasteiger partial charge on any atom is 0.241 e. The van der Waals surface area contributed by atoms with Crippen molar-refractivity contribution in [2.45, 2.75) is 19.5 Å². The Balaban J connectivity index is 1.97. The molecule has 0 heterocycles.